The molecule has 0 unspecified atom stereocenters. The average molecular weight is 416 g/mol. The van der Waals surface area contributed by atoms with Crippen LogP contribution < -0.4 is 22.0 Å². The summed E-state index contributed by atoms with van der Waals surface area (Å²) in [6, 6.07) is 20.6. The first-order chi connectivity index (χ1) is 14.5. The number of allylic oxidation sites excluding steroid dienone is 2. The first kappa shape index (κ1) is 26.7. The second kappa shape index (κ2) is 19.0. The summed E-state index contributed by atoms with van der Waals surface area (Å²) in [7, 11) is 0. The Kier molecular flexibility index (Phi) is 16.9. The number of hydrogen-bond donors (Lipinski definition) is 2. The molecule has 162 valence electrons. The summed E-state index contributed by atoms with van der Waals surface area (Å²) in [4.78, 5) is 27.1. The molecule has 0 aliphatic carbocycles. The molecule has 6 N–H and O–H groups in total. The summed E-state index contributed by atoms with van der Waals surface area (Å²) in [5.74, 6) is 2.19. The second-order valence-corrected chi connectivity index (χ2v) is 5.64. The van der Waals surface area contributed by atoms with E-state index in [9.17, 15) is 0 Å². The van der Waals surface area contributed by atoms with Crippen molar-refractivity contribution in [3.63, 3.8) is 0 Å². The number of quaternary nitrogens is 2. The summed E-state index contributed by atoms with van der Waals surface area (Å²) in [6.07, 6.45) is 10.0. The highest BCUT2D eigenvalue weighted by molar-refractivity contribution is 6.25. The van der Waals surface area contributed by atoms with Gasteiger partial charge in [-0.1, -0.05) is 85.0 Å². The predicted molar refractivity (Wildman–Crippen MR) is 106 cm³/mol. The van der Waals surface area contributed by atoms with E-state index in [0.29, 0.717) is 13.2 Å². The molecule has 0 aliphatic heterocycles. The Labute approximate surface area is 175 Å². The van der Waals surface area contributed by atoms with E-state index >= 15 is 0 Å². The molecule has 0 atom stereocenters. The van der Waals surface area contributed by atoms with Gasteiger partial charge >= 0.3 is 0 Å². The zero-order valence-electron chi connectivity index (χ0n) is 16.8. The SMILES string of the molecule is O=C([O-])C(=O)[O-].[NH3+]OC/C=C/Cc1ccccc1.[NH3+]OC/C=C/Cc1ccccc1. The van der Waals surface area contributed by atoms with Crippen LogP contribution in [0.3, 0.4) is 0 Å². The number of aliphatic carboxylic acids is 2. The van der Waals surface area contributed by atoms with Crippen LogP contribution in [0.25, 0.3) is 0 Å². The molecule has 0 fully saturated rings. The van der Waals surface area contributed by atoms with Crippen molar-refractivity contribution in [3.8, 4) is 0 Å². The van der Waals surface area contributed by atoms with Gasteiger partial charge in [0.05, 0.1) is 11.9 Å². The highest BCUT2D eigenvalue weighted by atomic mass is 16.6. The zero-order chi connectivity index (χ0) is 22.5. The van der Waals surface area contributed by atoms with Crippen LogP contribution in [-0.4, -0.2) is 25.2 Å². The van der Waals surface area contributed by atoms with Gasteiger partial charge in [0.2, 0.25) is 0 Å². The number of benzene rings is 2. The molecule has 2 aromatic rings. The van der Waals surface area contributed by atoms with Gasteiger partial charge in [0.1, 0.15) is 13.2 Å². The lowest BCUT2D eigenvalue weighted by Gasteiger charge is -1.97. The fourth-order valence-corrected chi connectivity index (χ4v) is 1.94. The Bertz CT molecular complexity index is 683. The lowest BCUT2D eigenvalue weighted by atomic mass is 10.1. The number of carbonyl (C=O) groups excluding carboxylic acids is 2. The summed E-state index contributed by atoms with van der Waals surface area (Å²) < 4.78 is 0. The van der Waals surface area contributed by atoms with Crippen molar-refractivity contribution in [1.82, 2.24) is 0 Å². The van der Waals surface area contributed by atoms with Crippen molar-refractivity contribution in [2.45, 2.75) is 12.8 Å². The predicted octanol–water partition coefficient (Wildman–Crippen LogP) is -1.60. The molecule has 0 saturated heterocycles. The van der Waals surface area contributed by atoms with Crippen molar-refractivity contribution in [1.29, 1.82) is 0 Å². The molecule has 0 bridgehead atoms. The number of carboxylic acids is 2. The van der Waals surface area contributed by atoms with E-state index in [0.717, 1.165) is 12.8 Å². The Hall–Kier alpha value is -3.30. The Morgan fingerprint density at radius 3 is 1.27 bits per heavy atom. The normalized spacial score (nSPS) is 10.1. The van der Waals surface area contributed by atoms with Crippen LogP contribution in [0.2, 0.25) is 0 Å². The summed E-state index contributed by atoms with van der Waals surface area (Å²) in [5.41, 5.74) is 2.63. The average Bonchev–Trinajstić information content (AvgIpc) is 2.77. The van der Waals surface area contributed by atoms with Crippen LogP contribution in [0.15, 0.2) is 85.0 Å². The summed E-state index contributed by atoms with van der Waals surface area (Å²) in [5, 5.41) is 17.9. The fraction of sp³-hybridized carbons (Fsp3) is 0.182. The van der Waals surface area contributed by atoms with Crippen molar-refractivity contribution < 1.29 is 41.3 Å². The minimum absolute atomic E-state index is 0.590. The molecule has 0 radical (unpaired) electrons. The summed E-state index contributed by atoms with van der Waals surface area (Å²) in [6.45, 7) is 1.18. The third-order valence-corrected chi connectivity index (χ3v) is 3.32. The first-order valence-electron chi connectivity index (χ1n) is 9.05. The molecule has 2 rings (SSSR count). The van der Waals surface area contributed by atoms with E-state index in [-0.39, 0.29) is 0 Å². The van der Waals surface area contributed by atoms with Gasteiger partial charge in [-0.05, 0) is 24.0 Å². The Morgan fingerprint density at radius 2 is 1.00 bits per heavy atom. The van der Waals surface area contributed by atoms with E-state index in [4.69, 9.17) is 19.8 Å². The van der Waals surface area contributed by atoms with Gasteiger partial charge in [-0.25, -0.2) is 21.5 Å². The van der Waals surface area contributed by atoms with Crippen molar-refractivity contribution >= 4 is 11.9 Å². The van der Waals surface area contributed by atoms with Gasteiger partial charge in [0.25, 0.3) is 0 Å². The molecular formula is C22H28N2O6. The van der Waals surface area contributed by atoms with E-state index < -0.39 is 11.9 Å². The maximum atomic E-state index is 8.93. The Balaban J connectivity index is 0.000000447. The largest absolute Gasteiger partial charge is 0.543 e. The van der Waals surface area contributed by atoms with Gasteiger partial charge in [-0.3, -0.25) is 0 Å². The number of rotatable bonds is 8. The third-order valence-electron chi connectivity index (χ3n) is 3.32. The lowest BCUT2D eigenvalue weighted by molar-refractivity contribution is -0.686. The standard InChI is InChI=1S/2C10H14NO.C2H2O4/c2*11-12-9-5-4-8-10-6-2-1-3-7-10;3-1(4)2(5)6/h2*1-7H,8-9H2,11H3;(H,3,4)(H,5,6)/q2*+1;/p-2/b2*5-4+;. The molecule has 8 heteroatoms. The molecule has 2 aromatic carbocycles. The summed E-state index contributed by atoms with van der Waals surface area (Å²) >= 11 is 0. The molecule has 0 aromatic heterocycles. The van der Waals surface area contributed by atoms with Crippen LogP contribution in [0.4, 0.5) is 0 Å². The smallest absolute Gasteiger partial charge is 0.124 e. The minimum atomic E-state index is -2.19. The van der Waals surface area contributed by atoms with Crippen LogP contribution in [0.1, 0.15) is 11.1 Å². The van der Waals surface area contributed by atoms with Gasteiger partial charge in [0, 0.05) is 0 Å². The number of carbonyl (C=O) groups is 2. The molecular weight excluding hydrogens is 388 g/mol. The maximum absolute atomic E-state index is 8.93. The van der Waals surface area contributed by atoms with Gasteiger partial charge in [-0.2, -0.15) is 0 Å². The van der Waals surface area contributed by atoms with E-state index in [1.807, 2.05) is 48.6 Å². The van der Waals surface area contributed by atoms with Crippen LogP contribution >= 0.6 is 0 Å². The van der Waals surface area contributed by atoms with Gasteiger partial charge in [-0.15, -0.1) is 0 Å². The number of carboxylic acid groups (broad SMARTS) is 2. The van der Waals surface area contributed by atoms with Gasteiger partial charge < -0.3 is 19.8 Å². The highest BCUT2D eigenvalue weighted by Gasteiger charge is 1.85. The zero-order valence-corrected chi connectivity index (χ0v) is 16.8. The lowest BCUT2D eigenvalue weighted by Crippen LogP contribution is -2.48. The second-order valence-electron chi connectivity index (χ2n) is 5.64. The quantitative estimate of drug-likeness (QED) is 0.300. The van der Waals surface area contributed by atoms with Crippen molar-refractivity contribution in [2.75, 3.05) is 13.2 Å². The Morgan fingerprint density at radius 1 is 0.667 bits per heavy atom. The molecule has 8 nitrogen and oxygen atoms in total. The molecule has 0 spiro atoms. The first-order valence-corrected chi connectivity index (χ1v) is 9.05. The van der Waals surface area contributed by atoms with Crippen molar-refractivity contribution in [3.05, 3.63) is 96.1 Å². The van der Waals surface area contributed by atoms with Crippen molar-refractivity contribution in [2.24, 2.45) is 0 Å². The topological polar surface area (TPSA) is 154 Å². The number of hydrogen-bond acceptors (Lipinski definition) is 6. The van der Waals surface area contributed by atoms with Gasteiger partial charge in [0.15, 0.2) is 0 Å². The molecule has 0 aliphatic rings. The molecule has 0 saturated carbocycles. The minimum Gasteiger partial charge on any atom is -0.543 e. The third kappa shape index (κ3) is 16.8. The van der Waals surface area contributed by atoms with Crippen LogP contribution in [-0.2, 0) is 32.1 Å². The van der Waals surface area contributed by atoms with Crippen LogP contribution in [0.5, 0.6) is 0 Å². The van der Waals surface area contributed by atoms with E-state index in [2.05, 4.69) is 57.9 Å². The van der Waals surface area contributed by atoms with Crippen LogP contribution in [0, 0.1) is 0 Å². The molecule has 0 amide bonds. The van der Waals surface area contributed by atoms with E-state index in [1.54, 1.807) is 0 Å². The highest BCUT2D eigenvalue weighted by Crippen LogP contribution is 2.00. The fourth-order valence-electron chi connectivity index (χ4n) is 1.94. The monoisotopic (exact) mass is 416 g/mol. The molecule has 30 heavy (non-hydrogen) atoms. The maximum Gasteiger partial charge on any atom is 0.124 e. The van der Waals surface area contributed by atoms with E-state index in [1.165, 1.54) is 11.1 Å². The molecule has 0 heterocycles.